The van der Waals surface area contributed by atoms with Crippen molar-refractivity contribution in [3.8, 4) is 35.2 Å². The molecule has 4 nitrogen and oxygen atoms in total. The number of hydrogen-bond donors (Lipinski definition) is 2. The Morgan fingerprint density at radius 2 is 1.07 bits per heavy atom. The third kappa shape index (κ3) is 11.0. The standard InChI is InChI=1S/C34H38Br2N2O2.ClH/c1-3-5-7-16-39-33-29(19-27(23-37)21-31(33)35)14-12-25-10-9-11-26(18-25)13-15-30-20-28(24-38)22-32(36)34(30)40-17-8-6-4-2;/h9-11,18-22H,3-8,16-17,23-24,37-38H2,1-2H3;1H. The van der Waals surface area contributed by atoms with Crippen LogP contribution >= 0.6 is 44.3 Å². The molecule has 0 saturated heterocycles. The van der Waals surface area contributed by atoms with Gasteiger partial charge < -0.3 is 20.9 Å². The maximum atomic E-state index is 6.11. The van der Waals surface area contributed by atoms with Gasteiger partial charge in [-0.2, -0.15) is 0 Å². The number of rotatable bonds is 12. The Hall–Kier alpha value is -2.45. The number of unbranched alkanes of at least 4 members (excludes halogenated alkanes) is 4. The van der Waals surface area contributed by atoms with Gasteiger partial charge in [-0.3, -0.25) is 0 Å². The zero-order chi connectivity index (χ0) is 28.7. The first-order valence-corrected chi connectivity index (χ1v) is 15.5. The van der Waals surface area contributed by atoms with E-state index in [9.17, 15) is 0 Å². The topological polar surface area (TPSA) is 70.5 Å². The van der Waals surface area contributed by atoms with Crippen LogP contribution in [0, 0.1) is 23.7 Å². The highest BCUT2D eigenvalue weighted by molar-refractivity contribution is 9.11. The van der Waals surface area contributed by atoms with Crippen LogP contribution in [0.5, 0.6) is 11.5 Å². The second-order valence-electron chi connectivity index (χ2n) is 9.51. The van der Waals surface area contributed by atoms with Crippen LogP contribution < -0.4 is 20.9 Å². The highest BCUT2D eigenvalue weighted by Crippen LogP contribution is 2.32. The van der Waals surface area contributed by atoms with Crippen molar-refractivity contribution in [1.82, 2.24) is 0 Å². The van der Waals surface area contributed by atoms with Gasteiger partial charge in [0.15, 0.2) is 0 Å². The van der Waals surface area contributed by atoms with Gasteiger partial charge in [-0.1, -0.05) is 69.3 Å². The molecular weight excluding hydrogens is 664 g/mol. The smallest absolute Gasteiger partial charge is 0.149 e. The molecule has 3 aromatic carbocycles. The monoisotopic (exact) mass is 700 g/mol. The summed E-state index contributed by atoms with van der Waals surface area (Å²) in [6.07, 6.45) is 6.56. The van der Waals surface area contributed by atoms with Crippen molar-refractivity contribution < 1.29 is 9.47 Å². The van der Waals surface area contributed by atoms with Crippen molar-refractivity contribution in [1.29, 1.82) is 0 Å². The predicted octanol–water partition coefficient (Wildman–Crippen LogP) is 8.49. The highest BCUT2D eigenvalue weighted by Gasteiger charge is 2.11. The summed E-state index contributed by atoms with van der Waals surface area (Å²) < 4.78 is 14.0. The third-order valence-corrected chi connectivity index (χ3v) is 7.39. The lowest BCUT2D eigenvalue weighted by Gasteiger charge is -2.12. The number of nitrogens with two attached hydrogens (primary N) is 2. The largest absolute Gasteiger partial charge is 0.491 e. The van der Waals surface area contributed by atoms with Gasteiger partial charge in [0.05, 0.1) is 33.3 Å². The van der Waals surface area contributed by atoms with E-state index in [-0.39, 0.29) is 12.4 Å². The molecule has 0 heterocycles. The van der Waals surface area contributed by atoms with Gasteiger partial charge in [0.1, 0.15) is 11.5 Å². The fourth-order valence-corrected chi connectivity index (χ4v) is 5.26. The first-order valence-electron chi connectivity index (χ1n) is 13.9. The average Bonchev–Trinajstić information content (AvgIpc) is 2.96. The molecule has 4 N–H and O–H groups in total. The fourth-order valence-electron chi connectivity index (χ4n) is 4.02. The van der Waals surface area contributed by atoms with Gasteiger partial charge in [-0.15, -0.1) is 12.4 Å². The van der Waals surface area contributed by atoms with Crippen molar-refractivity contribution in [2.24, 2.45) is 11.5 Å². The molecule has 0 bridgehead atoms. The van der Waals surface area contributed by atoms with Gasteiger partial charge in [0.2, 0.25) is 0 Å². The van der Waals surface area contributed by atoms with Crippen molar-refractivity contribution in [3.05, 3.63) is 90.9 Å². The lowest BCUT2D eigenvalue weighted by Crippen LogP contribution is -2.03. The van der Waals surface area contributed by atoms with E-state index in [4.69, 9.17) is 20.9 Å². The molecule has 0 spiro atoms. The van der Waals surface area contributed by atoms with Crippen molar-refractivity contribution in [3.63, 3.8) is 0 Å². The summed E-state index contributed by atoms with van der Waals surface area (Å²) in [6, 6.07) is 15.9. The van der Waals surface area contributed by atoms with Crippen LogP contribution in [0.2, 0.25) is 0 Å². The van der Waals surface area contributed by atoms with Crippen LogP contribution in [0.3, 0.4) is 0 Å². The molecule has 0 saturated carbocycles. The molecular formula is C34H39Br2ClN2O2. The quantitative estimate of drug-likeness (QED) is 0.147. The average molecular weight is 703 g/mol. The van der Waals surface area contributed by atoms with Gasteiger partial charge in [0, 0.05) is 24.2 Å². The van der Waals surface area contributed by atoms with Gasteiger partial charge >= 0.3 is 0 Å². The fraction of sp³-hybridized carbons (Fsp3) is 0.353. The van der Waals surface area contributed by atoms with Crippen molar-refractivity contribution >= 4 is 44.3 Å². The number of ether oxygens (including phenoxy) is 2. The number of hydrogen-bond acceptors (Lipinski definition) is 4. The van der Waals surface area contributed by atoms with Crippen molar-refractivity contribution in [2.45, 2.75) is 65.5 Å². The summed E-state index contributed by atoms with van der Waals surface area (Å²) in [5.74, 6) is 14.7. The van der Waals surface area contributed by atoms with E-state index in [0.717, 1.165) is 92.4 Å². The molecule has 0 aliphatic carbocycles. The Bertz CT molecular complexity index is 1300. The minimum atomic E-state index is 0. The molecule has 41 heavy (non-hydrogen) atoms. The van der Waals surface area contributed by atoms with E-state index in [1.54, 1.807) is 0 Å². The van der Waals surface area contributed by atoms with Crippen molar-refractivity contribution in [2.75, 3.05) is 13.2 Å². The Kier molecular flexibility index (Phi) is 16.0. The lowest BCUT2D eigenvalue weighted by molar-refractivity contribution is 0.303. The van der Waals surface area contributed by atoms with E-state index >= 15 is 0 Å². The molecule has 7 heteroatoms. The summed E-state index contributed by atoms with van der Waals surface area (Å²) in [5, 5.41) is 0. The molecule has 0 aliphatic heterocycles. The second kappa shape index (κ2) is 18.9. The molecule has 0 atom stereocenters. The summed E-state index contributed by atoms with van der Waals surface area (Å²) in [4.78, 5) is 0. The molecule has 0 aromatic heterocycles. The highest BCUT2D eigenvalue weighted by atomic mass is 79.9. The Morgan fingerprint density at radius 1 is 0.634 bits per heavy atom. The molecule has 0 radical (unpaired) electrons. The molecule has 3 aromatic rings. The zero-order valence-electron chi connectivity index (χ0n) is 23.8. The molecule has 0 unspecified atom stereocenters. The Morgan fingerprint density at radius 3 is 1.46 bits per heavy atom. The second-order valence-corrected chi connectivity index (χ2v) is 11.2. The first kappa shape index (κ1) is 34.7. The van der Waals surface area contributed by atoms with Crippen LogP contribution in [0.4, 0.5) is 0 Å². The summed E-state index contributed by atoms with van der Waals surface area (Å²) >= 11 is 7.29. The van der Waals surface area contributed by atoms with Crippen LogP contribution in [0.25, 0.3) is 0 Å². The normalized spacial score (nSPS) is 10.1. The minimum absolute atomic E-state index is 0. The Labute approximate surface area is 268 Å². The zero-order valence-corrected chi connectivity index (χ0v) is 27.8. The number of benzene rings is 3. The summed E-state index contributed by atoms with van der Waals surface area (Å²) in [6.45, 7) is 6.53. The SMILES string of the molecule is CCCCCOc1c(Br)cc(CN)cc1C#Cc1cccc(C#Cc2cc(CN)cc(Br)c2OCCCCC)c1.Cl. The summed E-state index contributed by atoms with van der Waals surface area (Å²) in [7, 11) is 0. The predicted molar refractivity (Wildman–Crippen MR) is 180 cm³/mol. The maximum absolute atomic E-state index is 6.11. The van der Waals surface area contributed by atoms with Crippen LogP contribution in [-0.4, -0.2) is 13.2 Å². The summed E-state index contributed by atoms with van der Waals surface area (Å²) in [5.41, 5.74) is 17.2. The van der Waals surface area contributed by atoms with E-state index in [2.05, 4.69) is 69.4 Å². The molecule has 0 amide bonds. The molecule has 0 fully saturated rings. The van der Waals surface area contributed by atoms with Gasteiger partial charge in [0.25, 0.3) is 0 Å². The van der Waals surface area contributed by atoms with Crippen LogP contribution in [-0.2, 0) is 13.1 Å². The lowest BCUT2D eigenvalue weighted by atomic mass is 10.1. The number of halogens is 3. The third-order valence-electron chi connectivity index (χ3n) is 6.21. The minimum Gasteiger partial charge on any atom is -0.491 e. The van der Waals surface area contributed by atoms with Crippen LogP contribution in [0.15, 0.2) is 57.5 Å². The Balaban J connectivity index is 0.00000588. The van der Waals surface area contributed by atoms with Crippen LogP contribution in [0.1, 0.15) is 85.8 Å². The van der Waals surface area contributed by atoms with Gasteiger partial charge in [-0.25, -0.2) is 0 Å². The molecule has 3 rings (SSSR count). The first-order chi connectivity index (χ1) is 19.5. The van der Waals surface area contributed by atoms with E-state index in [0.29, 0.717) is 26.3 Å². The van der Waals surface area contributed by atoms with Gasteiger partial charge in [-0.05, 0) is 98.3 Å². The maximum Gasteiger partial charge on any atom is 0.149 e. The van der Waals surface area contributed by atoms with E-state index < -0.39 is 0 Å². The van der Waals surface area contributed by atoms with E-state index in [1.165, 1.54) is 0 Å². The molecule has 0 aliphatic rings. The van der Waals surface area contributed by atoms with E-state index in [1.807, 2.05) is 48.5 Å². The molecule has 218 valence electrons.